The first-order chi connectivity index (χ1) is 6.82. The summed E-state index contributed by atoms with van der Waals surface area (Å²) in [4.78, 5) is 34.7. The van der Waals surface area contributed by atoms with E-state index in [9.17, 15) is 14.4 Å². The lowest BCUT2D eigenvalue weighted by atomic mass is 9.67. The standard InChI is InChI=1S/C11H16O4/c1-6(12)9-7(13)5-8(15-4)11(2,3)10(9)14/h8-9H,5H2,1-4H3. The van der Waals surface area contributed by atoms with Gasteiger partial charge in [0, 0.05) is 13.5 Å². The lowest BCUT2D eigenvalue weighted by Gasteiger charge is -2.38. The Kier molecular flexibility index (Phi) is 3.09. The number of Topliss-reactive ketones (excluding diaryl/α,β-unsaturated/α-hetero) is 3. The Morgan fingerprint density at radius 2 is 1.93 bits per heavy atom. The summed E-state index contributed by atoms with van der Waals surface area (Å²) >= 11 is 0. The number of hydrogen-bond donors (Lipinski definition) is 0. The monoisotopic (exact) mass is 212 g/mol. The zero-order valence-electron chi connectivity index (χ0n) is 9.49. The number of ketones is 3. The molecule has 0 aromatic rings. The molecule has 0 aliphatic heterocycles. The molecule has 0 heterocycles. The third kappa shape index (κ3) is 1.86. The SMILES string of the molecule is COC1CC(=O)C(C(C)=O)C(=O)C1(C)C. The number of rotatable bonds is 2. The topological polar surface area (TPSA) is 60.4 Å². The van der Waals surface area contributed by atoms with Crippen molar-refractivity contribution < 1.29 is 19.1 Å². The van der Waals surface area contributed by atoms with Crippen LogP contribution in [0.3, 0.4) is 0 Å². The van der Waals surface area contributed by atoms with Crippen molar-refractivity contribution in [2.45, 2.75) is 33.3 Å². The summed E-state index contributed by atoms with van der Waals surface area (Å²) in [5.41, 5.74) is -0.765. The van der Waals surface area contributed by atoms with E-state index in [4.69, 9.17) is 4.74 Å². The molecule has 0 amide bonds. The lowest BCUT2D eigenvalue weighted by Crippen LogP contribution is -2.52. The highest BCUT2D eigenvalue weighted by Crippen LogP contribution is 2.36. The van der Waals surface area contributed by atoms with Crippen LogP contribution in [0.15, 0.2) is 0 Å². The van der Waals surface area contributed by atoms with Gasteiger partial charge < -0.3 is 4.74 Å². The van der Waals surface area contributed by atoms with Crippen LogP contribution in [0.4, 0.5) is 0 Å². The number of hydrogen-bond acceptors (Lipinski definition) is 4. The van der Waals surface area contributed by atoms with Crippen molar-refractivity contribution in [3.05, 3.63) is 0 Å². The van der Waals surface area contributed by atoms with E-state index >= 15 is 0 Å². The molecule has 0 radical (unpaired) electrons. The maximum Gasteiger partial charge on any atom is 0.158 e. The van der Waals surface area contributed by atoms with Crippen LogP contribution in [0, 0.1) is 11.3 Å². The molecule has 0 saturated heterocycles. The maximum absolute atomic E-state index is 11.9. The average Bonchev–Trinajstić information content (AvgIpc) is 2.11. The molecule has 1 aliphatic rings. The van der Waals surface area contributed by atoms with Crippen LogP contribution < -0.4 is 0 Å². The van der Waals surface area contributed by atoms with Crippen molar-refractivity contribution in [3.63, 3.8) is 0 Å². The van der Waals surface area contributed by atoms with Gasteiger partial charge in [-0.25, -0.2) is 0 Å². The molecule has 1 fully saturated rings. The molecule has 0 bridgehead atoms. The second kappa shape index (κ2) is 3.85. The summed E-state index contributed by atoms with van der Waals surface area (Å²) in [6.45, 7) is 4.71. The Balaban J connectivity index is 3.07. The number of carbonyl (C=O) groups excluding carboxylic acids is 3. The van der Waals surface area contributed by atoms with E-state index in [1.54, 1.807) is 13.8 Å². The van der Waals surface area contributed by atoms with E-state index in [0.717, 1.165) is 0 Å². The Morgan fingerprint density at radius 3 is 2.33 bits per heavy atom. The van der Waals surface area contributed by atoms with Crippen LogP contribution in [0.2, 0.25) is 0 Å². The Bertz CT molecular complexity index is 317. The minimum Gasteiger partial charge on any atom is -0.380 e. The van der Waals surface area contributed by atoms with Crippen molar-refractivity contribution in [1.82, 2.24) is 0 Å². The first-order valence-electron chi connectivity index (χ1n) is 4.92. The molecular weight excluding hydrogens is 196 g/mol. The van der Waals surface area contributed by atoms with Gasteiger partial charge in [-0.2, -0.15) is 0 Å². The lowest BCUT2D eigenvalue weighted by molar-refractivity contribution is -0.156. The largest absolute Gasteiger partial charge is 0.380 e. The number of methoxy groups -OCH3 is 1. The van der Waals surface area contributed by atoms with E-state index in [2.05, 4.69) is 0 Å². The highest BCUT2D eigenvalue weighted by atomic mass is 16.5. The van der Waals surface area contributed by atoms with E-state index in [0.29, 0.717) is 0 Å². The minimum absolute atomic E-state index is 0.138. The summed E-state index contributed by atoms with van der Waals surface area (Å²) in [5.74, 6) is -2.09. The van der Waals surface area contributed by atoms with Gasteiger partial charge in [-0.05, 0) is 6.92 Å². The molecule has 2 atom stereocenters. The predicted octanol–water partition coefficient (Wildman–Crippen LogP) is 0.775. The molecule has 1 saturated carbocycles. The van der Waals surface area contributed by atoms with Gasteiger partial charge in [-0.15, -0.1) is 0 Å². The van der Waals surface area contributed by atoms with Crippen LogP contribution in [0.1, 0.15) is 27.2 Å². The molecule has 1 aliphatic carbocycles. The first-order valence-corrected chi connectivity index (χ1v) is 4.92. The summed E-state index contributed by atoms with van der Waals surface area (Å²) in [6, 6.07) is 0. The molecule has 0 spiro atoms. The zero-order valence-corrected chi connectivity index (χ0v) is 9.49. The second-order valence-electron chi connectivity index (χ2n) is 4.52. The normalized spacial score (nSPS) is 30.4. The van der Waals surface area contributed by atoms with Crippen molar-refractivity contribution in [1.29, 1.82) is 0 Å². The molecule has 2 unspecified atom stereocenters. The molecule has 0 N–H and O–H groups in total. The second-order valence-corrected chi connectivity index (χ2v) is 4.52. The van der Waals surface area contributed by atoms with Crippen molar-refractivity contribution in [2.75, 3.05) is 7.11 Å². The minimum atomic E-state index is -1.08. The summed E-state index contributed by atoms with van der Waals surface area (Å²) < 4.78 is 5.12. The van der Waals surface area contributed by atoms with Gasteiger partial charge in [0.1, 0.15) is 11.7 Å². The Labute approximate surface area is 89.0 Å². The fraction of sp³-hybridized carbons (Fsp3) is 0.727. The fourth-order valence-electron chi connectivity index (χ4n) is 2.02. The summed E-state index contributed by atoms with van der Waals surface area (Å²) in [6.07, 6.45) is -0.285. The van der Waals surface area contributed by atoms with Crippen LogP contribution in [0.25, 0.3) is 0 Å². The molecule has 0 aromatic heterocycles. The van der Waals surface area contributed by atoms with Gasteiger partial charge >= 0.3 is 0 Å². The van der Waals surface area contributed by atoms with Crippen molar-refractivity contribution >= 4 is 17.3 Å². The highest BCUT2D eigenvalue weighted by molar-refractivity contribution is 6.21. The van der Waals surface area contributed by atoms with E-state index in [-0.39, 0.29) is 23.8 Å². The summed E-state index contributed by atoms with van der Waals surface area (Å²) in [5, 5.41) is 0. The van der Waals surface area contributed by atoms with Crippen molar-refractivity contribution in [2.24, 2.45) is 11.3 Å². The molecule has 84 valence electrons. The van der Waals surface area contributed by atoms with Crippen LogP contribution >= 0.6 is 0 Å². The Morgan fingerprint density at radius 1 is 1.40 bits per heavy atom. The van der Waals surface area contributed by atoms with Gasteiger partial charge in [-0.3, -0.25) is 14.4 Å². The van der Waals surface area contributed by atoms with Gasteiger partial charge in [-0.1, -0.05) is 13.8 Å². The molecular formula is C11H16O4. The fourth-order valence-corrected chi connectivity index (χ4v) is 2.02. The predicted molar refractivity (Wildman–Crippen MR) is 53.4 cm³/mol. The van der Waals surface area contributed by atoms with Crippen LogP contribution in [-0.2, 0) is 19.1 Å². The quantitative estimate of drug-likeness (QED) is 0.634. The first kappa shape index (κ1) is 12.0. The van der Waals surface area contributed by atoms with Crippen LogP contribution in [0.5, 0.6) is 0 Å². The van der Waals surface area contributed by atoms with E-state index in [1.165, 1.54) is 14.0 Å². The van der Waals surface area contributed by atoms with E-state index in [1.807, 2.05) is 0 Å². The molecule has 0 aromatic carbocycles. The maximum atomic E-state index is 11.9. The zero-order chi connectivity index (χ0) is 11.8. The van der Waals surface area contributed by atoms with Gasteiger partial charge in [0.25, 0.3) is 0 Å². The number of carbonyl (C=O) groups is 3. The third-order valence-corrected chi connectivity index (χ3v) is 3.10. The smallest absolute Gasteiger partial charge is 0.158 e. The molecule has 4 nitrogen and oxygen atoms in total. The van der Waals surface area contributed by atoms with Gasteiger partial charge in [0.05, 0.1) is 11.5 Å². The molecule has 15 heavy (non-hydrogen) atoms. The summed E-state index contributed by atoms with van der Waals surface area (Å²) in [7, 11) is 1.47. The van der Waals surface area contributed by atoms with Crippen molar-refractivity contribution in [3.8, 4) is 0 Å². The number of ether oxygens (including phenoxy) is 1. The Hall–Kier alpha value is -1.03. The van der Waals surface area contributed by atoms with Gasteiger partial charge in [0.15, 0.2) is 11.6 Å². The van der Waals surface area contributed by atoms with E-state index < -0.39 is 17.4 Å². The van der Waals surface area contributed by atoms with Gasteiger partial charge in [0.2, 0.25) is 0 Å². The molecule has 1 rings (SSSR count). The third-order valence-electron chi connectivity index (χ3n) is 3.10. The molecule has 4 heteroatoms. The highest BCUT2D eigenvalue weighted by Gasteiger charge is 2.50. The average molecular weight is 212 g/mol. The van der Waals surface area contributed by atoms with Crippen LogP contribution in [-0.4, -0.2) is 30.6 Å².